The number of H-pyrrole nitrogens is 1. The predicted molar refractivity (Wildman–Crippen MR) is 165 cm³/mol. The number of alkyl halides is 3. The molecule has 5 rings (SSSR count). The second-order valence-electron chi connectivity index (χ2n) is 10.8. The third-order valence-electron chi connectivity index (χ3n) is 7.92. The molecule has 0 aliphatic heterocycles. The van der Waals surface area contributed by atoms with Crippen molar-refractivity contribution >= 4 is 0 Å². The number of nitrogens with one attached hydrogen (secondary N) is 2. The van der Waals surface area contributed by atoms with Crippen LogP contribution in [0, 0.1) is 18.6 Å². The highest BCUT2D eigenvalue weighted by Crippen LogP contribution is 2.34. The van der Waals surface area contributed by atoms with E-state index in [0.29, 0.717) is 18.1 Å². The predicted octanol–water partition coefficient (Wildman–Crippen LogP) is 4.04. The summed E-state index contributed by atoms with van der Waals surface area (Å²) in [7, 11) is 1.22. The van der Waals surface area contributed by atoms with Crippen LogP contribution in [0.3, 0.4) is 0 Å². The first kappa shape index (κ1) is 34.0. The van der Waals surface area contributed by atoms with Gasteiger partial charge in [-0.05, 0) is 54.1 Å². The first-order valence-electron chi connectivity index (χ1n) is 14.7. The minimum atomic E-state index is -4.95. The van der Waals surface area contributed by atoms with E-state index in [2.05, 4.69) is 20.8 Å². The third-order valence-corrected chi connectivity index (χ3v) is 7.92. The van der Waals surface area contributed by atoms with E-state index in [0.717, 1.165) is 25.9 Å². The van der Waals surface area contributed by atoms with Gasteiger partial charge in [0.15, 0.2) is 11.6 Å². The summed E-state index contributed by atoms with van der Waals surface area (Å²) in [5.41, 5.74) is -4.65. The van der Waals surface area contributed by atoms with Crippen LogP contribution >= 0.6 is 0 Å². The molecule has 0 fully saturated rings. The summed E-state index contributed by atoms with van der Waals surface area (Å²) < 4.78 is 80.4. The Kier molecular flexibility index (Phi) is 10.0. The maximum Gasteiger partial charge on any atom is 0.416 e. The number of tetrazole rings is 1. The van der Waals surface area contributed by atoms with Crippen LogP contribution in [0.4, 0.5) is 22.0 Å². The second kappa shape index (κ2) is 14.2. The Hall–Kier alpha value is -5.38. The number of aromatic amines is 1. The Bertz CT molecular complexity index is 2090. The first-order valence-corrected chi connectivity index (χ1v) is 14.7. The van der Waals surface area contributed by atoms with Crippen molar-refractivity contribution in [2.24, 2.45) is 0 Å². The summed E-state index contributed by atoms with van der Waals surface area (Å²) in [6.07, 6.45) is -4.57. The van der Waals surface area contributed by atoms with Crippen LogP contribution in [-0.2, 0) is 25.8 Å². The van der Waals surface area contributed by atoms with Gasteiger partial charge < -0.3 is 10.1 Å². The highest BCUT2D eigenvalue weighted by Gasteiger charge is 2.35. The summed E-state index contributed by atoms with van der Waals surface area (Å²) in [4.78, 5) is 40.0. The Labute approximate surface area is 269 Å². The molecule has 48 heavy (non-hydrogen) atoms. The molecule has 0 bridgehead atoms. The standard InChI is InChI=1S/C32H30F5N7O4/c1-19-27(21-11-6-14-26(48-2)28(21)34)29(45)43(31(47)42(19)17-22-23(32(35,36)37)12-7-13-24(22)33)18-25(20-9-4-3-5-10-20)38-15-8-16-44-30(46)39-40-41-44/h3-7,9-14,25,38H,8,15-18H2,1-2H3,(H,39,41,46)/t25-/m0/s1. The molecule has 0 aliphatic rings. The van der Waals surface area contributed by atoms with Gasteiger partial charge in [0, 0.05) is 23.4 Å². The fourth-order valence-corrected chi connectivity index (χ4v) is 5.49. The average molecular weight is 672 g/mol. The molecular formula is C32H30F5N7O4. The van der Waals surface area contributed by atoms with Crippen molar-refractivity contribution in [3.63, 3.8) is 0 Å². The molecule has 2 aromatic heterocycles. The number of rotatable bonds is 12. The van der Waals surface area contributed by atoms with Crippen LogP contribution in [0.1, 0.15) is 34.8 Å². The lowest BCUT2D eigenvalue weighted by atomic mass is 10.0. The van der Waals surface area contributed by atoms with Crippen LogP contribution in [0.2, 0.25) is 0 Å². The SMILES string of the molecule is COc1cccc(-c2c(C)n(Cc3c(F)cccc3C(F)(F)F)c(=O)n(C[C@H](NCCCn3nn[nH]c3=O)c3ccccc3)c2=O)c1F. The molecule has 0 radical (unpaired) electrons. The molecule has 0 unspecified atom stereocenters. The van der Waals surface area contributed by atoms with Crippen LogP contribution in [0.25, 0.3) is 11.1 Å². The van der Waals surface area contributed by atoms with E-state index in [9.17, 15) is 27.6 Å². The number of aromatic nitrogens is 6. The molecule has 5 aromatic rings. The normalized spacial score (nSPS) is 12.3. The fraction of sp³-hybridized carbons (Fsp3) is 0.281. The number of hydrogen-bond donors (Lipinski definition) is 2. The van der Waals surface area contributed by atoms with Crippen LogP contribution in [0.15, 0.2) is 81.1 Å². The van der Waals surface area contributed by atoms with Gasteiger partial charge in [0.05, 0.1) is 37.4 Å². The molecule has 3 aromatic carbocycles. The highest BCUT2D eigenvalue weighted by molar-refractivity contribution is 5.67. The Morgan fingerprint density at radius 3 is 2.35 bits per heavy atom. The zero-order chi connectivity index (χ0) is 34.6. The van der Waals surface area contributed by atoms with Gasteiger partial charge in [-0.3, -0.25) is 13.9 Å². The van der Waals surface area contributed by atoms with Crippen molar-refractivity contribution in [1.29, 1.82) is 0 Å². The van der Waals surface area contributed by atoms with E-state index in [-0.39, 0.29) is 42.2 Å². The summed E-state index contributed by atoms with van der Waals surface area (Å²) in [5, 5.41) is 12.5. The van der Waals surface area contributed by atoms with Gasteiger partial charge >= 0.3 is 17.6 Å². The zero-order valence-electron chi connectivity index (χ0n) is 25.7. The van der Waals surface area contributed by atoms with E-state index in [1.165, 1.54) is 32.2 Å². The van der Waals surface area contributed by atoms with E-state index in [1.807, 2.05) is 0 Å². The van der Waals surface area contributed by atoms with Gasteiger partial charge in [-0.15, -0.1) is 0 Å². The number of ether oxygens (including phenoxy) is 1. The molecule has 1 atom stereocenters. The largest absolute Gasteiger partial charge is 0.494 e. The summed E-state index contributed by atoms with van der Waals surface area (Å²) in [6, 6.07) is 14.5. The second-order valence-corrected chi connectivity index (χ2v) is 10.8. The lowest BCUT2D eigenvalue weighted by Gasteiger charge is -2.24. The number of methoxy groups -OCH3 is 1. The summed E-state index contributed by atoms with van der Waals surface area (Å²) >= 11 is 0. The number of aryl methyl sites for hydroxylation is 1. The van der Waals surface area contributed by atoms with Crippen molar-refractivity contribution in [3.8, 4) is 16.9 Å². The van der Waals surface area contributed by atoms with Crippen molar-refractivity contribution < 1.29 is 26.7 Å². The number of halogens is 5. The lowest BCUT2D eigenvalue weighted by Crippen LogP contribution is -2.45. The molecule has 0 saturated heterocycles. The minimum Gasteiger partial charge on any atom is -0.494 e. The molecule has 16 heteroatoms. The molecule has 252 valence electrons. The molecule has 11 nitrogen and oxygen atoms in total. The van der Waals surface area contributed by atoms with Crippen molar-refractivity contribution in [3.05, 3.63) is 132 Å². The van der Waals surface area contributed by atoms with Crippen LogP contribution in [0.5, 0.6) is 5.75 Å². The topological polar surface area (TPSA) is 129 Å². The molecule has 2 heterocycles. The Balaban J connectivity index is 1.65. The average Bonchev–Trinajstić information content (AvgIpc) is 3.47. The molecule has 0 spiro atoms. The van der Waals surface area contributed by atoms with Gasteiger partial charge in [0.25, 0.3) is 5.56 Å². The maximum absolute atomic E-state index is 15.7. The molecule has 0 saturated carbocycles. The highest BCUT2D eigenvalue weighted by atomic mass is 19.4. The van der Waals surface area contributed by atoms with Gasteiger partial charge in [-0.25, -0.2) is 23.5 Å². The van der Waals surface area contributed by atoms with E-state index < -0.39 is 58.5 Å². The van der Waals surface area contributed by atoms with Crippen LogP contribution < -0.4 is 27.0 Å². The molecular weight excluding hydrogens is 641 g/mol. The van der Waals surface area contributed by atoms with E-state index >= 15 is 8.78 Å². The van der Waals surface area contributed by atoms with Crippen molar-refractivity contribution in [2.45, 2.75) is 45.2 Å². The zero-order valence-corrected chi connectivity index (χ0v) is 25.7. The van der Waals surface area contributed by atoms with Crippen molar-refractivity contribution in [1.82, 2.24) is 34.7 Å². The summed E-state index contributed by atoms with van der Waals surface area (Å²) in [6.45, 7) is 0.517. The molecule has 0 aliphatic carbocycles. The molecule has 0 amide bonds. The quantitative estimate of drug-likeness (QED) is 0.151. The number of hydrogen-bond acceptors (Lipinski definition) is 7. The smallest absolute Gasteiger partial charge is 0.416 e. The van der Waals surface area contributed by atoms with Gasteiger partial charge in [0.2, 0.25) is 0 Å². The van der Waals surface area contributed by atoms with E-state index in [1.54, 1.807) is 30.3 Å². The van der Waals surface area contributed by atoms with Gasteiger partial charge in [-0.2, -0.15) is 17.9 Å². The maximum atomic E-state index is 15.7. The van der Waals surface area contributed by atoms with Crippen LogP contribution in [-0.4, -0.2) is 43.0 Å². The molecule has 2 N–H and O–H groups in total. The Morgan fingerprint density at radius 2 is 1.69 bits per heavy atom. The number of benzene rings is 3. The number of nitrogens with zero attached hydrogens (tertiary/aromatic N) is 5. The van der Waals surface area contributed by atoms with Gasteiger partial charge in [0.1, 0.15) is 5.82 Å². The first-order chi connectivity index (χ1) is 22.9. The fourth-order valence-electron chi connectivity index (χ4n) is 5.49. The minimum absolute atomic E-state index is 0.174. The lowest BCUT2D eigenvalue weighted by molar-refractivity contribution is -0.138. The Morgan fingerprint density at radius 1 is 0.958 bits per heavy atom. The third kappa shape index (κ3) is 6.97. The monoisotopic (exact) mass is 671 g/mol. The summed E-state index contributed by atoms with van der Waals surface area (Å²) in [5.74, 6) is -2.35. The van der Waals surface area contributed by atoms with Crippen molar-refractivity contribution in [2.75, 3.05) is 13.7 Å². The van der Waals surface area contributed by atoms with Gasteiger partial charge in [-0.1, -0.05) is 48.5 Å². The van der Waals surface area contributed by atoms with E-state index in [4.69, 9.17) is 4.74 Å².